The number of hydrogen-bond acceptors (Lipinski definition) is 3. The molecule has 0 saturated heterocycles. The second-order valence-corrected chi connectivity index (χ2v) is 3.72. The van der Waals surface area contributed by atoms with Crippen LogP contribution in [0.3, 0.4) is 0 Å². The summed E-state index contributed by atoms with van der Waals surface area (Å²) in [5.41, 5.74) is 0. The Kier molecular flexibility index (Phi) is 6.53. The van der Waals surface area contributed by atoms with Crippen LogP contribution >= 0.6 is 0 Å². The molecule has 0 unspecified atom stereocenters. The minimum atomic E-state index is 0.692. The summed E-state index contributed by atoms with van der Waals surface area (Å²) in [7, 11) is 0. The predicted octanol–water partition coefficient (Wildman–Crippen LogP) is 0.582. The van der Waals surface area contributed by atoms with Crippen LogP contribution in [0.5, 0.6) is 0 Å². The van der Waals surface area contributed by atoms with E-state index >= 15 is 0 Å². The van der Waals surface area contributed by atoms with E-state index in [9.17, 15) is 0 Å². The number of aryl methyl sites for hydroxylation is 1. The van der Waals surface area contributed by atoms with Crippen LogP contribution in [0, 0.1) is 0 Å². The maximum Gasteiger partial charge on any atom is 0.191 e. The molecule has 0 aliphatic heterocycles. The molecule has 0 amide bonds. The molecule has 0 atom stereocenters. The van der Waals surface area contributed by atoms with Crippen molar-refractivity contribution < 1.29 is 0 Å². The molecule has 6 heteroatoms. The normalized spacial score (nSPS) is 11.3. The SMILES string of the molecule is C=CCNC(=NCCn1cnnc1CC)NCC. The van der Waals surface area contributed by atoms with E-state index < -0.39 is 0 Å². The van der Waals surface area contributed by atoms with Crippen LogP contribution in [0.25, 0.3) is 0 Å². The van der Waals surface area contributed by atoms with Crippen LogP contribution in [0.15, 0.2) is 24.0 Å². The van der Waals surface area contributed by atoms with Crippen LogP contribution in [0.4, 0.5) is 0 Å². The van der Waals surface area contributed by atoms with Crippen molar-refractivity contribution in [1.29, 1.82) is 0 Å². The van der Waals surface area contributed by atoms with Gasteiger partial charge in [0, 0.05) is 26.1 Å². The zero-order valence-corrected chi connectivity index (χ0v) is 11.2. The van der Waals surface area contributed by atoms with Crippen molar-refractivity contribution in [3.05, 3.63) is 24.8 Å². The number of aromatic nitrogens is 3. The zero-order valence-electron chi connectivity index (χ0n) is 11.2. The van der Waals surface area contributed by atoms with Gasteiger partial charge >= 0.3 is 0 Å². The highest BCUT2D eigenvalue weighted by Gasteiger charge is 2.00. The molecule has 0 aliphatic rings. The summed E-state index contributed by atoms with van der Waals surface area (Å²) in [6.45, 7) is 10.8. The van der Waals surface area contributed by atoms with Gasteiger partial charge < -0.3 is 15.2 Å². The number of guanidine groups is 1. The second-order valence-electron chi connectivity index (χ2n) is 3.72. The van der Waals surface area contributed by atoms with Gasteiger partial charge in [-0.2, -0.15) is 0 Å². The van der Waals surface area contributed by atoms with Crippen molar-refractivity contribution in [3.63, 3.8) is 0 Å². The Bertz CT molecular complexity index is 382. The predicted molar refractivity (Wildman–Crippen MR) is 73.6 cm³/mol. The Morgan fingerprint density at radius 3 is 3.00 bits per heavy atom. The molecule has 18 heavy (non-hydrogen) atoms. The van der Waals surface area contributed by atoms with Crippen LogP contribution in [0.2, 0.25) is 0 Å². The Labute approximate surface area is 108 Å². The lowest BCUT2D eigenvalue weighted by molar-refractivity contribution is 0.662. The monoisotopic (exact) mass is 250 g/mol. The molecular weight excluding hydrogens is 228 g/mol. The summed E-state index contributed by atoms with van der Waals surface area (Å²) < 4.78 is 2.03. The number of nitrogens with one attached hydrogen (secondary N) is 2. The van der Waals surface area contributed by atoms with E-state index in [4.69, 9.17) is 0 Å². The van der Waals surface area contributed by atoms with Gasteiger partial charge in [-0.25, -0.2) is 0 Å². The Morgan fingerprint density at radius 1 is 1.50 bits per heavy atom. The zero-order chi connectivity index (χ0) is 13.2. The highest BCUT2D eigenvalue weighted by atomic mass is 15.3. The molecule has 0 aliphatic carbocycles. The Morgan fingerprint density at radius 2 is 2.33 bits per heavy atom. The van der Waals surface area contributed by atoms with E-state index in [-0.39, 0.29) is 0 Å². The summed E-state index contributed by atoms with van der Waals surface area (Å²) >= 11 is 0. The van der Waals surface area contributed by atoms with Crippen LogP contribution in [-0.4, -0.2) is 40.4 Å². The average molecular weight is 250 g/mol. The van der Waals surface area contributed by atoms with Gasteiger partial charge in [0.05, 0.1) is 6.54 Å². The molecule has 0 radical (unpaired) electrons. The van der Waals surface area contributed by atoms with E-state index in [1.165, 1.54) is 0 Å². The third-order valence-corrected chi connectivity index (χ3v) is 2.38. The van der Waals surface area contributed by atoms with Gasteiger partial charge in [-0.1, -0.05) is 13.0 Å². The molecule has 6 nitrogen and oxygen atoms in total. The van der Waals surface area contributed by atoms with Gasteiger partial charge in [-0.3, -0.25) is 4.99 Å². The van der Waals surface area contributed by atoms with Crippen LogP contribution < -0.4 is 10.6 Å². The number of hydrogen-bond donors (Lipinski definition) is 2. The minimum Gasteiger partial charge on any atom is -0.357 e. The number of nitrogens with zero attached hydrogens (tertiary/aromatic N) is 4. The van der Waals surface area contributed by atoms with Gasteiger partial charge in [-0.15, -0.1) is 16.8 Å². The van der Waals surface area contributed by atoms with Gasteiger partial charge in [-0.05, 0) is 6.92 Å². The lowest BCUT2D eigenvalue weighted by atomic mass is 10.4. The minimum absolute atomic E-state index is 0.692. The Balaban J connectivity index is 2.47. The summed E-state index contributed by atoms with van der Waals surface area (Å²) in [4.78, 5) is 4.47. The summed E-state index contributed by atoms with van der Waals surface area (Å²) in [6, 6.07) is 0. The largest absolute Gasteiger partial charge is 0.357 e. The van der Waals surface area contributed by atoms with Gasteiger partial charge in [0.15, 0.2) is 5.96 Å². The van der Waals surface area contributed by atoms with E-state index in [0.29, 0.717) is 13.1 Å². The van der Waals surface area contributed by atoms with Gasteiger partial charge in [0.25, 0.3) is 0 Å². The smallest absolute Gasteiger partial charge is 0.191 e. The van der Waals surface area contributed by atoms with Crippen molar-refractivity contribution in [2.75, 3.05) is 19.6 Å². The third kappa shape index (κ3) is 4.57. The van der Waals surface area contributed by atoms with Crippen molar-refractivity contribution in [2.24, 2.45) is 4.99 Å². The van der Waals surface area contributed by atoms with Crippen molar-refractivity contribution in [1.82, 2.24) is 25.4 Å². The first-order chi connectivity index (χ1) is 8.81. The Hall–Kier alpha value is -1.85. The summed E-state index contributed by atoms with van der Waals surface area (Å²) in [5.74, 6) is 1.80. The molecular formula is C12H22N6. The maximum atomic E-state index is 4.47. The molecule has 1 rings (SSSR count). The van der Waals surface area contributed by atoms with E-state index in [0.717, 1.165) is 31.3 Å². The molecule has 100 valence electrons. The third-order valence-electron chi connectivity index (χ3n) is 2.38. The molecule has 0 aromatic carbocycles. The van der Waals surface area contributed by atoms with E-state index in [1.807, 2.05) is 17.6 Å². The van der Waals surface area contributed by atoms with Gasteiger partial charge in [0.2, 0.25) is 0 Å². The maximum absolute atomic E-state index is 4.47. The molecule has 0 spiro atoms. The second kappa shape index (κ2) is 8.27. The highest BCUT2D eigenvalue weighted by molar-refractivity contribution is 5.79. The molecule has 1 aromatic heterocycles. The molecule has 0 fully saturated rings. The number of aliphatic imine (C=N–C) groups is 1. The molecule has 0 bridgehead atoms. The lowest BCUT2D eigenvalue weighted by Crippen LogP contribution is -2.37. The summed E-state index contributed by atoms with van der Waals surface area (Å²) in [5, 5.41) is 14.3. The first kappa shape index (κ1) is 14.2. The van der Waals surface area contributed by atoms with E-state index in [2.05, 4.69) is 39.3 Å². The summed E-state index contributed by atoms with van der Waals surface area (Å²) in [6.07, 6.45) is 4.44. The highest BCUT2D eigenvalue weighted by Crippen LogP contribution is 1.95. The fourth-order valence-electron chi connectivity index (χ4n) is 1.52. The molecule has 2 N–H and O–H groups in total. The quantitative estimate of drug-likeness (QED) is 0.422. The first-order valence-corrected chi connectivity index (χ1v) is 6.31. The average Bonchev–Trinajstić information content (AvgIpc) is 2.83. The molecule has 1 aromatic rings. The topological polar surface area (TPSA) is 67.1 Å². The molecule has 0 saturated carbocycles. The lowest BCUT2D eigenvalue weighted by Gasteiger charge is -2.09. The number of rotatable bonds is 7. The van der Waals surface area contributed by atoms with Crippen LogP contribution in [-0.2, 0) is 13.0 Å². The molecule has 1 heterocycles. The fraction of sp³-hybridized carbons (Fsp3) is 0.583. The van der Waals surface area contributed by atoms with Crippen LogP contribution in [0.1, 0.15) is 19.7 Å². The van der Waals surface area contributed by atoms with Crippen molar-refractivity contribution >= 4 is 5.96 Å². The van der Waals surface area contributed by atoms with E-state index in [1.54, 1.807) is 6.33 Å². The first-order valence-electron chi connectivity index (χ1n) is 6.31. The van der Waals surface area contributed by atoms with Crippen molar-refractivity contribution in [2.45, 2.75) is 26.8 Å². The standard InChI is InChI=1S/C12H22N6/c1-4-7-14-12(13-6-3)15-8-9-18-10-16-17-11(18)5-2/h4,10H,1,5-9H2,2-3H3,(H2,13,14,15). The van der Waals surface area contributed by atoms with Gasteiger partial charge in [0.1, 0.15) is 12.2 Å². The van der Waals surface area contributed by atoms with Crippen molar-refractivity contribution in [3.8, 4) is 0 Å². The fourth-order valence-corrected chi connectivity index (χ4v) is 1.52.